The van der Waals surface area contributed by atoms with Gasteiger partial charge in [-0.05, 0) is 41.5 Å². The number of carbonyl (C=O) groups excluding carboxylic acids is 1. The zero-order chi connectivity index (χ0) is 24.4. The number of rotatable bonds is 4. The lowest BCUT2D eigenvalue weighted by Gasteiger charge is -2.13. The molecule has 0 aliphatic carbocycles. The van der Waals surface area contributed by atoms with Crippen LogP contribution in [0.3, 0.4) is 0 Å². The number of fused-ring (bicyclic) bond motifs is 3. The first kappa shape index (κ1) is 21.7. The summed E-state index contributed by atoms with van der Waals surface area (Å²) in [5.74, 6) is 4.90. The second-order valence-electron chi connectivity index (χ2n) is 7.82. The highest BCUT2D eigenvalue weighted by Gasteiger charge is 2.15. The summed E-state index contributed by atoms with van der Waals surface area (Å²) in [6.07, 6.45) is 3.13. The fourth-order valence-corrected chi connectivity index (χ4v) is 3.92. The molecule has 5 N–H and O–H groups in total. The first-order valence-corrected chi connectivity index (χ1v) is 10.7. The molecule has 0 aliphatic heterocycles. The van der Waals surface area contributed by atoms with Crippen LogP contribution in [0.2, 0.25) is 0 Å². The second-order valence-corrected chi connectivity index (χ2v) is 7.82. The number of aromatic hydroxyl groups is 1. The van der Waals surface area contributed by atoms with E-state index in [4.69, 9.17) is 10.7 Å². The largest absolute Gasteiger partial charge is 0.508 e. The smallest absolute Gasteiger partial charge is 0.293 e. The van der Waals surface area contributed by atoms with Gasteiger partial charge in [-0.25, -0.2) is 4.98 Å². The molecule has 0 radical (unpaired) electrons. The highest BCUT2D eigenvalue weighted by atomic mass is 16.3. The van der Waals surface area contributed by atoms with Gasteiger partial charge in [-0.2, -0.15) is 0 Å². The number of H-pyrrole nitrogens is 1. The summed E-state index contributed by atoms with van der Waals surface area (Å²) >= 11 is 0. The number of pyridine rings is 3. The van der Waals surface area contributed by atoms with Gasteiger partial charge in [0.15, 0.2) is 0 Å². The van der Waals surface area contributed by atoms with Gasteiger partial charge in [-0.1, -0.05) is 36.3 Å². The number of hydrogen-bond donors (Lipinski definition) is 4. The number of benzene rings is 2. The summed E-state index contributed by atoms with van der Waals surface area (Å²) in [4.78, 5) is 36.0. The molecule has 5 rings (SSSR count). The Labute approximate surface area is 199 Å². The van der Waals surface area contributed by atoms with Gasteiger partial charge in [0.1, 0.15) is 11.6 Å². The van der Waals surface area contributed by atoms with E-state index in [2.05, 4.69) is 27.1 Å². The van der Waals surface area contributed by atoms with E-state index < -0.39 is 5.91 Å². The van der Waals surface area contributed by atoms with Gasteiger partial charge in [-0.15, -0.1) is 0 Å². The lowest BCUT2D eigenvalue weighted by Crippen LogP contribution is -2.11. The van der Waals surface area contributed by atoms with E-state index in [1.807, 2.05) is 42.5 Å². The Bertz CT molecular complexity index is 1720. The Morgan fingerprint density at radius 3 is 2.69 bits per heavy atom. The van der Waals surface area contributed by atoms with Gasteiger partial charge in [0.2, 0.25) is 0 Å². The van der Waals surface area contributed by atoms with Gasteiger partial charge in [0.25, 0.3) is 11.5 Å². The number of phenolic OH excluding ortho intramolecular Hbond substituents is 1. The van der Waals surface area contributed by atoms with Crippen LogP contribution >= 0.6 is 0 Å². The third-order valence-corrected chi connectivity index (χ3v) is 5.50. The SMILES string of the molecule is NC(=O)C#Cc1c[nH]c(=O)c2c1nc(NCc1ccccn1)c1ccc(-c3cccc(O)c3)cc12. The van der Waals surface area contributed by atoms with E-state index in [1.165, 1.54) is 6.20 Å². The molecule has 2 aromatic carbocycles. The molecule has 35 heavy (non-hydrogen) atoms. The highest BCUT2D eigenvalue weighted by molar-refractivity contribution is 6.12. The fraction of sp³-hybridized carbons (Fsp3) is 0.0370. The van der Waals surface area contributed by atoms with E-state index in [1.54, 1.807) is 24.4 Å². The number of hydrogen-bond acceptors (Lipinski definition) is 6. The molecule has 0 spiro atoms. The number of aromatic amines is 1. The standard InChI is InChI=1S/C27H19N5O3/c28-23(34)10-8-18-14-31-27(35)24-22-13-17(16-4-3-6-20(33)12-16)7-9-21(22)26(32-25(18)24)30-15-19-5-1-2-11-29-19/h1-7,9,11-14,33H,15H2,(H2,28,34)(H,30,32)(H,31,35). The second kappa shape index (κ2) is 9.00. The number of phenols is 1. The lowest BCUT2D eigenvalue weighted by atomic mass is 9.98. The molecule has 0 unspecified atom stereocenters. The molecule has 170 valence electrons. The van der Waals surface area contributed by atoms with Crippen molar-refractivity contribution in [3.8, 4) is 28.7 Å². The minimum atomic E-state index is -0.787. The van der Waals surface area contributed by atoms with Gasteiger partial charge in [0.05, 0.1) is 28.7 Å². The number of amides is 1. The molecule has 0 bridgehead atoms. The van der Waals surface area contributed by atoms with E-state index in [-0.39, 0.29) is 11.3 Å². The summed E-state index contributed by atoms with van der Waals surface area (Å²) in [6, 6.07) is 18.2. The summed E-state index contributed by atoms with van der Waals surface area (Å²) in [7, 11) is 0. The molecule has 3 aromatic heterocycles. The molecule has 1 amide bonds. The molecule has 0 atom stereocenters. The molecule has 0 fully saturated rings. The number of anilines is 1. The van der Waals surface area contributed by atoms with E-state index >= 15 is 0 Å². The highest BCUT2D eigenvalue weighted by Crippen LogP contribution is 2.33. The number of nitrogens with zero attached hydrogens (tertiary/aromatic N) is 2. The summed E-state index contributed by atoms with van der Waals surface area (Å²) in [5, 5.41) is 14.9. The third-order valence-electron chi connectivity index (χ3n) is 5.50. The Balaban J connectivity index is 1.77. The monoisotopic (exact) mass is 461 g/mol. The van der Waals surface area contributed by atoms with Crippen LogP contribution < -0.4 is 16.6 Å². The predicted octanol–water partition coefficient (Wildman–Crippen LogP) is 3.29. The van der Waals surface area contributed by atoms with Crippen molar-refractivity contribution in [1.29, 1.82) is 0 Å². The summed E-state index contributed by atoms with van der Waals surface area (Å²) in [5.41, 5.74) is 7.98. The predicted molar refractivity (Wildman–Crippen MR) is 135 cm³/mol. The third kappa shape index (κ3) is 4.38. The average molecular weight is 461 g/mol. The molecule has 0 saturated heterocycles. The van der Waals surface area contributed by atoms with Gasteiger partial charge < -0.3 is 21.1 Å². The van der Waals surface area contributed by atoms with Crippen LogP contribution in [0.4, 0.5) is 5.82 Å². The maximum atomic E-state index is 13.0. The zero-order valence-corrected chi connectivity index (χ0v) is 18.4. The molecule has 0 saturated carbocycles. The van der Waals surface area contributed by atoms with E-state index in [0.717, 1.165) is 22.2 Å². The van der Waals surface area contributed by atoms with Crippen molar-refractivity contribution in [1.82, 2.24) is 15.0 Å². The molecule has 0 aliphatic rings. The normalized spacial score (nSPS) is 10.6. The maximum absolute atomic E-state index is 13.0. The molecular formula is C27H19N5O3. The maximum Gasteiger partial charge on any atom is 0.293 e. The molecule has 8 heteroatoms. The van der Waals surface area contributed by atoms with Crippen LogP contribution in [0.5, 0.6) is 5.75 Å². The zero-order valence-electron chi connectivity index (χ0n) is 18.4. The first-order chi connectivity index (χ1) is 17.0. The molecule has 8 nitrogen and oxygen atoms in total. The van der Waals surface area contributed by atoms with Gasteiger partial charge >= 0.3 is 0 Å². The van der Waals surface area contributed by atoms with Crippen LogP contribution in [0.25, 0.3) is 32.8 Å². The quantitative estimate of drug-likeness (QED) is 0.240. The van der Waals surface area contributed by atoms with Crippen LogP contribution in [0.1, 0.15) is 11.3 Å². The van der Waals surface area contributed by atoms with Crippen molar-refractivity contribution in [3.05, 3.63) is 94.7 Å². The van der Waals surface area contributed by atoms with Crippen molar-refractivity contribution in [3.63, 3.8) is 0 Å². The van der Waals surface area contributed by atoms with Crippen LogP contribution in [0.15, 0.2) is 77.9 Å². The number of carbonyl (C=O) groups is 1. The Morgan fingerprint density at radius 1 is 1.06 bits per heavy atom. The van der Waals surface area contributed by atoms with Gasteiger partial charge in [0, 0.05) is 29.1 Å². The topological polar surface area (TPSA) is 134 Å². The Hall–Kier alpha value is -5.16. The summed E-state index contributed by atoms with van der Waals surface area (Å²) < 4.78 is 0. The Kier molecular flexibility index (Phi) is 5.57. The first-order valence-electron chi connectivity index (χ1n) is 10.7. The van der Waals surface area contributed by atoms with Gasteiger partial charge in [-0.3, -0.25) is 14.6 Å². The van der Waals surface area contributed by atoms with Crippen molar-refractivity contribution in [2.24, 2.45) is 5.73 Å². The van der Waals surface area contributed by atoms with Crippen molar-refractivity contribution >= 4 is 33.4 Å². The number of nitrogens with one attached hydrogen (secondary N) is 2. The minimum Gasteiger partial charge on any atom is -0.508 e. The fourth-order valence-electron chi connectivity index (χ4n) is 3.92. The van der Waals surface area contributed by atoms with Crippen molar-refractivity contribution in [2.75, 3.05) is 5.32 Å². The van der Waals surface area contributed by atoms with Crippen molar-refractivity contribution in [2.45, 2.75) is 6.54 Å². The number of primary amides is 1. The van der Waals surface area contributed by atoms with E-state index in [9.17, 15) is 14.7 Å². The number of nitrogens with two attached hydrogens (primary N) is 1. The number of aromatic nitrogens is 3. The minimum absolute atomic E-state index is 0.141. The van der Waals surface area contributed by atoms with Crippen LogP contribution in [0, 0.1) is 11.8 Å². The van der Waals surface area contributed by atoms with Crippen LogP contribution in [-0.2, 0) is 11.3 Å². The molecular weight excluding hydrogens is 442 g/mol. The van der Waals surface area contributed by atoms with Crippen molar-refractivity contribution < 1.29 is 9.90 Å². The Morgan fingerprint density at radius 2 is 1.91 bits per heavy atom. The molecule has 5 aromatic rings. The summed E-state index contributed by atoms with van der Waals surface area (Å²) in [6.45, 7) is 0.411. The average Bonchev–Trinajstić information content (AvgIpc) is 2.87. The molecule has 3 heterocycles. The van der Waals surface area contributed by atoms with Crippen LogP contribution in [-0.4, -0.2) is 26.0 Å². The van der Waals surface area contributed by atoms with E-state index in [0.29, 0.717) is 34.2 Å². The lowest BCUT2D eigenvalue weighted by molar-refractivity contribution is -0.112.